The molecule has 0 aliphatic rings. The molecule has 37 heavy (non-hydrogen) atoms. The lowest BCUT2D eigenvalue weighted by Gasteiger charge is -2.14. The Morgan fingerprint density at radius 2 is 1.97 bits per heavy atom. The molecule has 0 saturated heterocycles. The van der Waals surface area contributed by atoms with E-state index >= 15 is 0 Å². The second-order valence-corrected chi connectivity index (χ2v) is 9.49. The van der Waals surface area contributed by atoms with Gasteiger partial charge in [0.15, 0.2) is 5.82 Å². The number of amides is 2. The molecule has 0 aliphatic heterocycles. The van der Waals surface area contributed by atoms with Gasteiger partial charge in [0.05, 0.1) is 17.7 Å². The third-order valence-electron chi connectivity index (χ3n) is 5.90. The number of halogens is 1. The smallest absolute Gasteiger partial charge is 0.265 e. The number of primary amides is 1. The fraction of sp³-hybridized carbons (Fsp3) is 0.192. The number of aliphatic imine (C=N–C) groups is 1. The van der Waals surface area contributed by atoms with Crippen LogP contribution in [0.2, 0.25) is 0 Å². The van der Waals surface area contributed by atoms with Crippen LogP contribution in [0.25, 0.3) is 10.1 Å². The molecule has 0 bridgehead atoms. The Bertz CT molecular complexity index is 1570. The molecule has 190 valence electrons. The standard InChI is InChI=1S/C26H25FN6O3S/c1-13-9-23(32-33(13)3)30-20(25(29)34)12-19(28)17-6-7-18(27)24(14(17)2)31-26(35)22-11-15-10-16(36-4)5-8-21(15)37-22/h5-11,28H,12H2,1-4H3,(H2,29,34)(H,31,35). The Labute approximate surface area is 216 Å². The summed E-state index contributed by atoms with van der Waals surface area (Å²) in [6, 6.07) is 11.5. The summed E-state index contributed by atoms with van der Waals surface area (Å²) in [6.07, 6.45) is -0.192. The first-order chi connectivity index (χ1) is 17.6. The zero-order valence-corrected chi connectivity index (χ0v) is 21.5. The van der Waals surface area contributed by atoms with Crippen molar-refractivity contribution in [3.05, 3.63) is 70.0 Å². The number of fused-ring (bicyclic) bond motifs is 1. The van der Waals surface area contributed by atoms with Gasteiger partial charge in [-0.1, -0.05) is 0 Å². The van der Waals surface area contributed by atoms with Crippen LogP contribution in [-0.2, 0) is 11.8 Å². The highest BCUT2D eigenvalue weighted by Crippen LogP contribution is 2.31. The van der Waals surface area contributed by atoms with Crippen molar-refractivity contribution >= 4 is 56.2 Å². The van der Waals surface area contributed by atoms with Crippen LogP contribution < -0.4 is 15.8 Å². The quantitative estimate of drug-likeness (QED) is 0.291. The number of aryl methyl sites for hydroxylation is 2. The van der Waals surface area contributed by atoms with E-state index in [0.29, 0.717) is 27.6 Å². The summed E-state index contributed by atoms with van der Waals surface area (Å²) in [6.45, 7) is 3.44. The van der Waals surface area contributed by atoms with Crippen LogP contribution in [0.5, 0.6) is 5.75 Å². The molecule has 4 N–H and O–H groups in total. The van der Waals surface area contributed by atoms with Crippen LogP contribution >= 0.6 is 11.3 Å². The molecule has 0 atom stereocenters. The average Bonchev–Trinajstić information content (AvgIpc) is 3.42. The van der Waals surface area contributed by atoms with Crippen LogP contribution in [0.3, 0.4) is 0 Å². The lowest BCUT2D eigenvalue weighted by molar-refractivity contribution is -0.112. The van der Waals surface area contributed by atoms with Gasteiger partial charge in [0.25, 0.3) is 11.8 Å². The second-order valence-electron chi connectivity index (χ2n) is 8.41. The maximum atomic E-state index is 14.8. The number of hydrogen-bond donors (Lipinski definition) is 3. The van der Waals surface area contributed by atoms with Crippen LogP contribution in [-0.4, -0.2) is 40.1 Å². The van der Waals surface area contributed by atoms with Gasteiger partial charge in [-0.3, -0.25) is 14.3 Å². The molecule has 0 unspecified atom stereocenters. The normalized spacial score (nSPS) is 11.5. The van der Waals surface area contributed by atoms with Crippen molar-refractivity contribution in [1.82, 2.24) is 9.78 Å². The number of nitrogens with zero attached hydrogens (tertiary/aromatic N) is 3. The molecule has 2 aromatic heterocycles. The maximum absolute atomic E-state index is 14.8. The Balaban J connectivity index is 1.59. The molecular formula is C26H25FN6O3S. The van der Waals surface area contributed by atoms with Gasteiger partial charge in [-0.2, -0.15) is 5.10 Å². The highest BCUT2D eigenvalue weighted by molar-refractivity contribution is 7.20. The molecule has 4 aromatic rings. The SMILES string of the molecule is COc1ccc2sc(C(=O)Nc3c(F)ccc(C(=N)CC(=Nc4cc(C)n(C)n4)C(N)=O)c3C)cc2c1. The number of rotatable bonds is 8. The van der Waals surface area contributed by atoms with E-state index in [-0.39, 0.29) is 23.5 Å². The zero-order valence-electron chi connectivity index (χ0n) is 20.7. The molecule has 11 heteroatoms. The summed E-state index contributed by atoms with van der Waals surface area (Å²) in [5.41, 5.74) is 6.93. The van der Waals surface area contributed by atoms with Gasteiger partial charge in [-0.05, 0) is 61.2 Å². The molecule has 9 nitrogen and oxygen atoms in total. The number of benzene rings is 2. The third kappa shape index (κ3) is 5.41. The van der Waals surface area contributed by atoms with E-state index in [1.807, 2.05) is 19.1 Å². The molecular weight excluding hydrogens is 495 g/mol. The van der Waals surface area contributed by atoms with Crippen molar-refractivity contribution in [1.29, 1.82) is 5.41 Å². The molecule has 2 amide bonds. The van der Waals surface area contributed by atoms with E-state index in [1.165, 1.54) is 23.5 Å². The van der Waals surface area contributed by atoms with Crippen molar-refractivity contribution in [2.24, 2.45) is 17.8 Å². The topological polar surface area (TPSA) is 135 Å². The van der Waals surface area contributed by atoms with Gasteiger partial charge in [0.1, 0.15) is 17.3 Å². The Hall–Kier alpha value is -4.38. The predicted molar refractivity (Wildman–Crippen MR) is 143 cm³/mol. The molecule has 0 fully saturated rings. The van der Waals surface area contributed by atoms with Gasteiger partial charge in [-0.25, -0.2) is 9.38 Å². The van der Waals surface area contributed by atoms with Gasteiger partial charge in [-0.15, -0.1) is 11.3 Å². The minimum absolute atomic E-state index is 0.00726. The van der Waals surface area contributed by atoms with E-state index in [4.69, 9.17) is 15.9 Å². The fourth-order valence-electron chi connectivity index (χ4n) is 3.77. The Kier molecular flexibility index (Phi) is 7.16. The summed E-state index contributed by atoms with van der Waals surface area (Å²) in [7, 11) is 3.31. The van der Waals surface area contributed by atoms with Crippen molar-refractivity contribution in [3.8, 4) is 5.75 Å². The molecule has 0 aliphatic carbocycles. The molecule has 4 rings (SSSR count). The number of anilines is 1. The number of ether oxygens (including phenoxy) is 1. The second kappa shape index (κ2) is 10.3. The first kappa shape index (κ1) is 25.7. The Morgan fingerprint density at radius 3 is 2.62 bits per heavy atom. The van der Waals surface area contributed by atoms with E-state index in [2.05, 4.69) is 15.4 Å². The molecule has 2 aromatic carbocycles. The van der Waals surface area contributed by atoms with Crippen molar-refractivity contribution < 1.29 is 18.7 Å². The summed E-state index contributed by atoms with van der Waals surface area (Å²) in [4.78, 5) is 29.6. The van der Waals surface area contributed by atoms with E-state index in [0.717, 1.165) is 15.8 Å². The van der Waals surface area contributed by atoms with Crippen LogP contribution in [0.15, 0.2) is 47.5 Å². The van der Waals surface area contributed by atoms with Crippen molar-refractivity contribution in [2.75, 3.05) is 12.4 Å². The van der Waals surface area contributed by atoms with E-state index in [1.54, 1.807) is 44.0 Å². The summed E-state index contributed by atoms with van der Waals surface area (Å²) in [5.74, 6) is -0.940. The largest absolute Gasteiger partial charge is 0.497 e. The molecule has 0 radical (unpaired) electrons. The maximum Gasteiger partial charge on any atom is 0.265 e. The lowest BCUT2D eigenvalue weighted by Crippen LogP contribution is -2.26. The number of nitrogens with one attached hydrogen (secondary N) is 2. The highest BCUT2D eigenvalue weighted by atomic mass is 32.1. The monoisotopic (exact) mass is 520 g/mol. The number of nitrogens with two attached hydrogens (primary N) is 1. The first-order valence-electron chi connectivity index (χ1n) is 11.2. The van der Waals surface area contributed by atoms with Crippen LogP contribution in [0, 0.1) is 25.1 Å². The molecule has 0 spiro atoms. The van der Waals surface area contributed by atoms with E-state index in [9.17, 15) is 14.0 Å². The summed E-state index contributed by atoms with van der Waals surface area (Å²) >= 11 is 1.27. The van der Waals surface area contributed by atoms with Gasteiger partial charge < -0.3 is 21.2 Å². The Morgan fingerprint density at radius 1 is 1.22 bits per heavy atom. The number of methoxy groups -OCH3 is 1. The van der Waals surface area contributed by atoms with Gasteiger partial charge in [0, 0.05) is 41.2 Å². The third-order valence-corrected chi connectivity index (χ3v) is 7.02. The minimum atomic E-state index is -0.789. The number of carbonyl (C=O) groups is 2. The van der Waals surface area contributed by atoms with Crippen molar-refractivity contribution in [3.63, 3.8) is 0 Å². The number of thiophene rings is 1. The van der Waals surface area contributed by atoms with E-state index < -0.39 is 17.6 Å². The highest BCUT2D eigenvalue weighted by Gasteiger charge is 2.20. The fourth-order valence-corrected chi connectivity index (χ4v) is 4.71. The average molecular weight is 521 g/mol. The first-order valence-corrected chi connectivity index (χ1v) is 12.0. The van der Waals surface area contributed by atoms with Gasteiger partial charge in [0.2, 0.25) is 0 Å². The minimum Gasteiger partial charge on any atom is -0.497 e. The summed E-state index contributed by atoms with van der Waals surface area (Å²) < 4.78 is 22.5. The van der Waals surface area contributed by atoms with Crippen molar-refractivity contribution in [2.45, 2.75) is 20.3 Å². The van der Waals surface area contributed by atoms with Crippen LogP contribution in [0.4, 0.5) is 15.9 Å². The number of aromatic nitrogens is 2. The van der Waals surface area contributed by atoms with Gasteiger partial charge >= 0.3 is 0 Å². The lowest BCUT2D eigenvalue weighted by atomic mass is 9.98. The molecule has 0 saturated carbocycles. The summed E-state index contributed by atoms with van der Waals surface area (Å²) in [5, 5.41) is 16.2. The number of hydrogen-bond acceptors (Lipinski definition) is 7. The zero-order chi connectivity index (χ0) is 26.9. The molecule has 2 heterocycles. The van der Waals surface area contributed by atoms with Crippen LogP contribution in [0.1, 0.15) is 32.9 Å². The number of carbonyl (C=O) groups excluding carboxylic acids is 2. The predicted octanol–water partition coefficient (Wildman–Crippen LogP) is 4.67.